The lowest BCUT2D eigenvalue weighted by Gasteiger charge is -2.31. The summed E-state index contributed by atoms with van der Waals surface area (Å²) < 4.78 is 0. The van der Waals surface area contributed by atoms with Gasteiger partial charge in [-0.15, -0.1) is 12.4 Å². The highest BCUT2D eigenvalue weighted by molar-refractivity contribution is 5.85. The molecule has 0 saturated carbocycles. The fourth-order valence-electron chi connectivity index (χ4n) is 2.11. The molecule has 1 atom stereocenters. The Morgan fingerprint density at radius 2 is 2.19 bits per heavy atom. The largest absolute Gasteiger partial charge is 0.315 e. The van der Waals surface area contributed by atoms with Crippen LogP contribution in [-0.2, 0) is 6.54 Å². The summed E-state index contributed by atoms with van der Waals surface area (Å²) in [6, 6.07) is 4.87. The lowest BCUT2D eigenvalue weighted by molar-refractivity contribution is 0.196. The minimum atomic E-state index is 0. The van der Waals surface area contributed by atoms with Crippen molar-refractivity contribution in [2.45, 2.75) is 25.4 Å². The van der Waals surface area contributed by atoms with Crippen molar-refractivity contribution in [2.75, 3.05) is 20.1 Å². The second-order valence-electron chi connectivity index (χ2n) is 4.27. The molecule has 2 heterocycles. The van der Waals surface area contributed by atoms with E-state index >= 15 is 0 Å². The van der Waals surface area contributed by atoms with Crippen molar-refractivity contribution < 1.29 is 0 Å². The molecule has 1 aliphatic heterocycles. The zero-order chi connectivity index (χ0) is 10.5. The summed E-state index contributed by atoms with van der Waals surface area (Å²) in [5.41, 5.74) is 1.35. The number of hydrogen-bond donors (Lipinski definition) is 1. The lowest BCUT2D eigenvalue weighted by Crippen LogP contribution is -2.43. The smallest absolute Gasteiger partial charge is 0.0271 e. The lowest BCUT2D eigenvalue weighted by atomic mass is 10.1. The van der Waals surface area contributed by atoms with Gasteiger partial charge in [-0.1, -0.05) is 0 Å². The van der Waals surface area contributed by atoms with Gasteiger partial charge in [0.25, 0.3) is 0 Å². The Balaban J connectivity index is 0.00000128. The van der Waals surface area contributed by atoms with Gasteiger partial charge in [0.2, 0.25) is 0 Å². The van der Waals surface area contributed by atoms with Crippen LogP contribution in [0.1, 0.15) is 18.4 Å². The van der Waals surface area contributed by atoms with Crippen LogP contribution in [0, 0.1) is 0 Å². The predicted molar refractivity (Wildman–Crippen MR) is 68.8 cm³/mol. The molecule has 0 spiro atoms. The van der Waals surface area contributed by atoms with Crippen LogP contribution in [0.2, 0.25) is 0 Å². The van der Waals surface area contributed by atoms with Crippen molar-refractivity contribution in [1.82, 2.24) is 15.2 Å². The van der Waals surface area contributed by atoms with Crippen LogP contribution in [0.25, 0.3) is 0 Å². The molecule has 1 N–H and O–H groups in total. The van der Waals surface area contributed by atoms with Gasteiger partial charge in [0.05, 0.1) is 0 Å². The maximum atomic E-state index is 4.03. The minimum absolute atomic E-state index is 0. The standard InChI is InChI=1S/C12H19N3.ClH/c1-15(12-3-2-6-14-9-12)10-11-4-7-13-8-5-11;/h4-5,7-8,12,14H,2-3,6,9-10H2,1H3;1H/t12-;/m1./s1. The van der Waals surface area contributed by atoms with Gasteiger partial charge < -0.3 is 5.32 Å². The zero-order valence-corrected chi connectivity index (χ0v) is 10.5. The van der Waals surface area contributed by atoms with Crippen LogP contribution in [0.3, 0.4) is 0 Å². The van der Waals surface area contributed by atoms with Gasteiger partial charge in [0.15, 0.2) is 0 Å². The molecule has 0 radical (unpaired) electrons. The first kappa shape index (κ1) is 13.4. The van der Waals surface area contributed by atoms with E-state index in [0.29, 0.717) is 6.04 Å². The number of nitrogens with one attached hydrogen (secondary N) is 1. The summed E-state index contributed by atoms with van der Waals surface area (Å²) in [6.45, 7) is 3.33. The molecule has 0 unspecified atom stereocenters. The van der Waals surface area contributed by atoms with E-state index in [-0.39, 0.29) is 12.4 Å². The fourth-order valence-corrected chi connectivity index (χ4v) is 2.11. The molecular weight excluding hydrogens is 222 g/mol. The minimum Gasteiger partial charge on any atom is -0.315 e. The Labute approximate surface area is 104 Å². The Kier molecular flexibility index (Phi) is 5.74. The molecule has 0 aromatic carbocycles. The normalized spacial score (nSPS) is 20.5. The van der Waals surface area contributed by atoms with Crippen LogP contribution in [0.5, 0.6) is 0 Å². The van der Waals surface area contributed by atoms with E-state index in [9.17, 15) is 0 Å². The first-order chi connectivity index (χ1) is 7.36. The van der Waals surface area contributed by atoms with E-state index in [0.717, 1.165) is 13.1 Å². The molecule has 2 rings (SSSR count). The molecule has 0 amide bonds. The van der Waals surface area contributed by atoms with Gasteiger partial charge in [0, 0.05) is 31.5 Å². The van der Waals surface area contributed by atoms with Crippen molar-refractivity contribution in [1.29, 1.82) is 0 Å². The van der Waals surface area contributed by atoms with Gasteiger partial charge in [-0.3, -0.25) is 9.88 Å². The highest BCUT2D eigenvalue weighted by Gasteiger charge is 2.17. The molecule has 1 fully saturated rings. The monoisotopic (exact) mass is 241 g/mol. The van der Waals surface area contributed by atoms with Crippen molar-refractivity contribution >= 4 is 12.4 Å². The average Bonchev–Trinajstić information content (AvgIpc) is 2.31. The Morgan fingerprint density at radius 1 is 1.44 bits per heavy atom. The van der Waals surface area contributed by atoms with Gasteiger partial charge in [-0.25, -0.2) is 0 Å². The van der Waals surface area contributed by atoms with Crippen LogP contribution >= 0.6 is 12.4 Å². The van der Waals surface area contributed by atoms with E-state index in [1.54, 1.807) is 0 Å². The average molecular weight is 242 g/mol. The molecule has 0 bridgehead atoms. The van der Waals surface area contributed by atoms with E-state index in [1.165, 1.54) is 24.9 Å². The molecule has 1 saturated heterocycles. The van der Waals surface area contributed by atoms with Gasteiger partial charge in [0.1, 0.15) is 0 Å². The third-order valence-electron chi connectivity index (χ3n) is 3.08. The first-order valence-electron chi connectivity index (χ1n) is 5.66. The number of halogens is 1. The molecule has 0 aliphatic carbocycles. The summed E-state index contributed by atoms with van der Waals surface area (Å²) >= 11 is 0. The number of rotatable bonds is 3. The molecule has 90 valence electrons. The Morgan fingerprint density at radius 3 is 2.81 bits per heavy atom. The number of hydrogen-bond acceptors (Lipinski definition) is 3. The van der Waals surface area contributed by atoms with Crippen LogP contribution in [0.4, 0.5) is 0 Å². The van der Waals surface area contributed by atoms with Gasteiger partial charge in [-0.2, -0.15) is 0 Å². The number of likely N-dealkylation sites (N-methyl/N-ethyl adjacent to an activating group) is 1. The Hall–Kier alpha value is -0.640. The number of piperidine rings is 1. The molecule has 1 aromatic heterocycles. The predicted octanol–water partition coefficient (Wildman–Crippen LogP) is 1.69. The van der Waals surface area contributed by atoms with Crippen LogP contribution in [-0.4, -0.2) is 36.1 Å². The molecule has 1 aliphatic rings. The van der Waals surface area contributed by atoms with Crippen molar-refractivity contribution in [3.8, 4) is 0 Å². The molecule has 1 aromatic rings. The second kappa shape index (κ2) is 6.84. The molecular formula is C12H20ClN3. The van der Waals surface area contributed by atoms with E-state index in [2.05, 4.69) is 34.4 Å². The molecule has 16 heavy (non-hydrogen) atoms. The maximum absolute atomic E-state index is 4.03. The van der Waals surface area contributed by atoms with Crippen LogP contribution in [0.15, 0.2) is 24.5 Å². The fraction of sp³-hybridized carbons (Fsp3) is 0.583. The highest BCUT2D eigenvalue weighted by Crippen LogP contribution is 2.11. The zero-order valence-electron chi connectivity index (χ0n) is 9.72. The van der Waals surface area contributed by atoms with Crippen LogP contribution < -0.4 is 5.32 Å². The first-order valence-corrected chi connectivity index (χ1v) is 5.66. The third kappa shape index (κ3) is 3.74. The molecule has 3 nitrogen and oxygen atoms in total. The Bertz CT molecular complexity index is 286. The SMILES string of the molecule is CN(Cc1ccncc1)[C@@H]1CCCNC1.Cl. The summed E-state index contributed by atoms with van der Waals surface area (Å²) in [7, 11) is 2.21. The van der Waals surface area contributed by atoms with E-state index in [1.807, 2.05) is 12.4 Å². The third-order valence-corrected chi connectivity index (χ3v) is 3.08. The van der Waals surface area contributed by atoms with E-state index < -0.39 is 0 Å². The highest BCUT2D eigenvalue weighted by atomic mass is 35.5. The quantitative estimate of drug-likeness (QED) is 0.873. The molecule has 4 heteroatoms. The van der Waals surface area contributed by atoms with Crippen molar-refractivity contribution in [3.63, 3.8) is 0 Å². The number of aromatic nitrogens is 1. The summed E-state index contributed by atoms with van der Waals surface area (Å²) in [4.78, 5) is 6.47. The van der Waals surface area contributed by atoms with E-state index in [4.69, 9.17) is 0 Å². The number of nitrogens with zero attached hydrogens (tertiary/aromatic N) is 2. The second-order valence-corrected chi connectivity index (χ2v) is 4.27. The maximum Gasteiger partial charge on any atom is 0.0271 e. The summed E-state index contributed by atoms with van der Waals surface area (Å²) in [6.07, 6.45) is 6.34. The van der Waals surface area contributed by atoms with Crippen molar-refractivity contribution in [2.24, 2.45) is 0 Å². The number of pyridine rings is 1. The van der Waals surface area contributed by atoms with Crippen molar-refractivity contribution in [3.05, 3.63) is 30.1 Å². The topological polar surface area (TPSA) is 28.2 Å². The summed E-state index contributed by atoms with van der Waals surface area (Å²) in [5.74, 6) is 0. The van der Waals surface area contributed by atoms with Gasteiger partial charge in [-0.05, 0) is 44.1 Å². The summed E-state index contributed by atoms with van der Waals surface area (Å²) in [5, 5.41) is 3.45. The van der Waals surface area contributed by atoms with Gasteiger partial charge >= 0.3 is 0 Å².